The maximum absolute atomic E-state index is 12.6. The summed E-state index contributed by atoms with van der Waals surface area (Å²) in [6, 6.07) is 8.30. The number of benzene rings is 1. The monoisotopic (exact) mass is 321 g/mol. The number of amides is 2. The van der Waals surface area contributed by atoms with Crippen LogP contribution in [-0.2, 0) is 16.0 Å². The van der Waals surface area contributed by atoms with E-state index in [1.54, 1.807) is 4.90 Å². The van der Waals surface area contributed by atoms with Gasteiger partial charge in [0, 0.05) is 19.5 Å². The van der Waals surface area contributed by atoms with Crippen molar-refractivity contribution < 1.29 is 9.59 Å². The Bertz CT molecular complexity index is 636. The van der Waals surface area contributed by atoms with Gasteiger partial charge in [-0.1, -0.05) is 24.3 Å². The van der Waals surface area contributed by atoms with Gasteiger partial charge in [0.1, 0.15) is 0 Å². The predicted octanol–water partition coefficient (Wildman–Crippen LogP) is 2.14. The smallest absolute Gasteiger partial charge is 0.242 e. The quantitative estimate of drug-likeness (QED) is 0.856. The topological polar surface area (TPSA) is 40.6 Å². The molecule has 3 aliphatic rings. The van der Waals surface area contributed by atoms with E-state index in [2.05, 4.69) is 12.1 Å². The molecule has 2 heterocycles. The molecule has 2 aliphatic heterocycles. The van der Waals surface area contributed by atoms with Gasteiger partial charge in [-0.05, 0) is 55.6 Å². The van der Waals surface area contributed by atoms with Crippen LogP contribution >= 0.6 is 0 Å². The van der Waals surface area contributed by atoms with Gasteiger partial charge in [-0.25, -0.2) is 0 Å². The van der Waals surface area contributed by atoms with Crippen molar-refractivity contribution in [2.24, 2.45) is 0 Å². The second kappa shape index (κ2) is 6.58. The van der Waals surface area contributed by atoms with Gasteiger partial charge in [0.05, 0.1) is 12.6 Å². The lowest BCUT2D eigenvalue weighted by molar-refractivity contribution is -0.149. The van der Waals surface area contributed by atoms with Crippen LogP contribution in [0.5, 0.6) is 0 Å². The fourth-order valence-electron chi connectivity index (χ4n) is 3.85. The van der Waals surface area contributed by atoms with Gasteiger partial charge in [-0.3, -0.25) is 9.59 Å². The molecule has 1 aromatic carbocycles. The molecular weight excluding hydrogens is 300 g/mol. The molecule has 4 rings (SSSR count). The van der Waals surface area contributed by atoms with Crippen LogP contribution in [0.1, 0.15) is 30.0 Å². The van der Waals surface area contributed by atoms with Crippen molar-refractivity contribution >= 4 is 11.8 Å². The normalized spacial score (nSPS) is 24.0. The molecule has 1 aromatic rings. The second-order valence-corrected chi connectivity index (χ2v) is 6.62. The average molecular weight is 321 g/mol. The van der Waals surface area contributed by atoms with Crippen LogP contribution in [0.3, 0.4) is 0 Å². The van der Waals surface area contributed by atoms with E-state index in [0.29, 0.717) is 13.0 Å². The Balaban J connectivity index is 1.45. The molecule has 1 saturated carbocycles. The molecule has 1 aliphatic carbocycles. The zero-order valence-corrected chi connectivity index (χ0v) is 13.6. The maximum Gasteiger partial charge on any atom is 0.242 e. The third kappa shape index (κ3) is 2.94. The van der Waals surface area contributed by atoms with Crippen LogP contribution < -0.4 is 0 Å². The minimum absolute atomic E-state index is 0.0130. The van der Waals surface area contributed by atoms with Crippen LogP contribution in [0.4, 0.5) is 0 Å². The molecule has 0 spiro atoms. The molecule has 4 heteroatoms. The molecule has 2 fully saturated rings. The van der Waals surface area contributed by atoms with E-state index in [9.17, 15) is 9.59 Å². The summed E-state index contributed by atoms with van der Waals surface area (Å²) < 4.78 is 0. The van der Waals surface area contributed by atoms with E-state index in [1.807, 2.05) is 42.7 Å². The highest BCUT2D eigenvalue weighted by atomic mass is 16.2. The molecule has 2 amide bonds. The van der Waals surface area contributed by atoms with Gasteiger partial charge in [0.15, 0.2) is 0 Å². The molecule has 0 bridgehead atoms. The summed E-state index contributed by atoms with van der Waals surface area (Å²) >= 11 is 0. The van der Waals surface area contributed by atoms with Crippen molar-refractivity contribution in [3.05, 3.63) is 67.0 Å². The molecule has 0 N–H and O–H groups in total. The van der Waals surface area contributed by atoms with Crippen molar-refractivity contribution in [1.82, 2.24) is 9.80 Å². The van der Waals surface area contributed by atoms with Gasteiger partial charge < -0.3 is 9.80 Å². The minimum Gasteiger partial charge on any atom is -0.332 e. The number of carbonyl (C=O) groups is 2. The summed E-state index contributed by atoms with van der Waals surface area (Å²) in [5.74, 6) is 1.32. The van der Waals surface area contributed by atoms with Crippen LogP contribution in [0, 0.1) is 31.6 Å². The Labute approximate surface area is 143 Å². The highest BCUT2D eigenvalue weighted by Crippen LogP contribution is 2.33. The summed E-state index contributed by atoms with van der Waals surface area (Å²) in [6.45, 7) is 1.59. The van der Waals surface area contributed by atoms with E-state index in [1.165, 1.54) is 17.0 Å². The van der Waals surface area contributed by atoms with E-state index in [4.69, 9.17) is 0 Å². The largest absolute Gasteiger partial charge is 0.332 e. The first-order chi connectivity index (χ1) is 11.7. The van der Waals surface area contributed by atoms with Gasteiger partial charge in [-0.2, -0.15) is 0 Å². The van der Waals surface area contributed by atoms with Gasteiger partial charge in [0.2, 0.25) is 11.8 Å². The average Bonchev–Trinajstić information content (AvgIpc) is 3.13. The lowest BCUT2D eigenvalue weighted by Gasteiger charge is -2.44. The fourth-order valence-corrected chi connectivity index (χ4v) is 3.85. The van der Waals surface area contributed by atoms with Crippen LogP contribution in [0.2, 0.25) is 0 Å². The zero-order valence-electron chi connectivity index (χ0n) is 13.6. The number of carbonyl (C=O) groups excluding carboxylic acids is 2. The van der Waals surface area contributed by atoms with Crippen LogP contribution in [-0.4, -0.2) is 41.2 Å². The van der Waals surface area contributed by atoms with Crippen LogP contribution in [0.25, 0.3) is 0 Å². The van der Waals surface area contributed by atoms with Crippen molar-refractivity contribution in [3.8, 4) is 0 Å². The van der Waals surface area contributed by atoms with Gasteiger partial charge >= 0.3 is 0 Å². The molecule has 5 radical (unpaired) electrons. The molecule has 1 atom stereocenters. The third-order valence-electron chi connectivity index (χ3n) is 5.16. The lowest BCUT2D eigenvalue weighted by Crippen LogP contribution is -2.55. The summed E-state index contributed by atoms with van der Waals surface area (Å²) in [6.07, 6.45) is 10.2. The Morgan fingerprint density at radius 2 is 1.96 bits per heavy atom. The van der Waals surface area contributed by atoms with E-state index >= 15 is 0 Å². The molecule has 4 nitrogen and oxygen atoms in total. The molecule has 123 valence electrons. The van der Waals surface area contributed by atoms with Gasteiger partial charge in [0.25, 0.3) is 0 Å². The molecule has 1 saturated heterocycles. The highest BCUT2D eigenvalue weighted by Gasteiger charge is 2.38. The fraction of sp³-hybridized carbons (Fsp3) is 0.350. The van der Waals surface area contributed by atoms with Crippen molar-refractivity contribution in [3.63, 3.8) is 0 Å². The Morgan fingerprint density at radius 1 is 1.17 bits per heavy atom. The predicted molar refractivity (Wildman–Crippen MR) is 90.9 cm³/mol. The molecule has 24 heavy (non-hydrogen) atoms. The number of nitrogens with zero attached hydrogens (tertiary/aromatic N) is 2. The Morgan fingerprint density at radius 3 is 2.79 bits per heavy atom. The highest BCUT2D eigenvalue weighted by molar-refractivity contribution is 5.87. The Hall–Kier alpha value is -1.84. The van der Waals surface area contributed by atoms with Crippen LogP contribution in [0.15, 0.2) is 24.3 Å². The van der Waals surface area contributed by atoms with Gasteiger partial charge in [-0.15, -0.1) is 0 Å². The SMILES string of the molecule is O=C(CC[C]1[CH][CH][CH][CH]1)N1CC(=O)N2CCc3ccccc3C2C1. The summed E-state index contributed by atoms with van der Waals surface area (Å²) in [5, 5.41) is 0. The zero-order chi connectivity index (χ0) is 16.5. The second-order valence-electron chi connectivity index (χ2n) is 6.62. The third-order valence-corrected chi connectivity index (χ3v) is 5.16. The first-order valence-electron chi connectivity index (χ1n) is 8.58. The van der Waals surface area contributed by atoms with Crippen molar-refractivity contribution in [2.75, 3.05) is 19.6 Å². The maximum atomic E-state index is 12.6. The first-order valence-corrected chi connectivity index (χ1v) is 8.58. The number of piperazine rings is 1. The summed E-state index contributed by atoms with van der Waals surface area (Å²) in [7, 11) is 0. The first kappa shape index (κ1) is 15.7. The van der Waals surface area contributed by atoms with E-state index < -0.39 is 0 Å². The lowest BCUT2D eigenvalue weighted by atomic mass is 9.90. The van der Waals surface area contributed by atoms with Crippen molar-refractivity contribution in [2.45, 2.75) is 25.3 Å². The van der Waals surface area contributed by atoms with E-state index in [0.717, 1.165) is 19.4 Å². The van der Waals surface area contributed by atoms with Crippen molar-refractivity contribution in [1.29, 1.82) is 0 Å². The number of hydrogen-bond donors (Lipinski definition) is 0. The number of rotatable bonds is 3. The molecule has 0 aromatic heterocycles. The summed E-state index contributed by atoms with van der Waals surface area (Å²) in [4.78, 5) is 28.8. The number of fused-ring (bicyclic) bond motifs is 3. The van der Waals surface area contributed by atoms with E-state index in [-0.39, 0.29) is 24.4 Å². The Kier molecular flexibility index (Phi) is 4.30. The molecular formula is C20H21N2O2. The molecule has 1 unspecified atom stereocenters. The number of hydrogen-bond acceptors (Lipinski definition) is 2. The summed E-state index contributed by atoms with van der Waals surface area (Å²) in [5.41, 5.74) is 2.50. The standard InChI is InChI=1S/C20H21N2O2/c23-19(10-9-15-5-1-2-6-15)21-13-18-17-8-4-3-7-16(17)11-12-22(18)20(24)14-21/h1-8,18H,9-14H2. The minimum atomic E-state index is 0.0130.